The Labute approximate surface area is 188 Å². The zero-order valence-electron chi connectivity index (χ0n) is 17.6. The van der Waals surface area contributed by atoms with Crippen LogP contribution in [0.15, 0.2) is 109 Å². The monoisotopic (exact) mass is 474 g/mol. The predicted octanol–water partition coefficient (Wildman–Crippen LogP) is 6.90. The third kappa shape index (κ3) is 3.45. The summed E-state index contributed by atoms with van der Waals surface area (Å²) in [4.78, 5) is 0. The minimum absolute atomic E-state index is 0.958. The number of rotatable bonds is 6. The topological polar surface area (TPSA) is 0 Å². The van der Waals surface area contributed by atoms with E-state index in [0.717, 1.165) is 12.6 Å². The van der Waals surface area contributed by atoms with Gasteiger partial charge in [-0.2, -0.15) is 0 Å². The molecule has 2 heteroatoms. The Morgan fingerprint density at radius 1 is 0.600 bits per heavy atom. The van der Waals surface area contributed by atoms with Gasteiger partial charge in [0, 0.05) is 0 Å². The summed E-state index contributed by atoms with van der Waals surface area (Å²) >= 11 is 4.58. The maximum atomic E-state index is 4.58. The van der Waals surface area contributed by atoms with Crippen molar-refractivity contribution >= 4 is 36.7 Å². The predicted molar refractivity (Wildman–Crippen MR) is 138 cm³/mol. The molecule has 4 aromatic rings. The van der Waals surface area contributed by atoms with Crippen molar-refractivity contribution in [2.75, 3.05) is 0 Å². The van der Waals surface area contributed by atoms with Crippen molar-refractivity contribution in [1.82, 2.24) is 0 Å². The van der Waals surface area contributed by atoms with Gasteiger partial charge in [0.25, 0.3) is 0 Å². The Hall–Kier alpha value is -2.21. The zero-order chi connectivity index (χ0) is 21.1. The van der Waals surface area contributed by atoms with Gasteiger partial charge in [0.05, 0.1) is 0 Å². The van der Waals surface area contributed by atoms with Gasteiger partial charge in [-0.05, 0) is 0 Å². The molecule has 0 bridgehead atoms. The fraction of sp³-hybridized carbons (Fsp3) is 0.143. The molecule has 152 valence electrons. The molecular weight excluding hydrogens is 447 g/mol. The number of hydrogen-bond donors (Lipinski definition) is 0. The third-order valence-electron chi connectivity index (χ3n) is 6.23. The molecule has 0 aromatic heterocycles. The van der Waals surface area contributed by atoms with Crippen molar-refractivity contribution in [3.8, 4) is 0 Å². The van der Waals surface area contributed by atoms with Crippen LogP contribution in [0, 0.1) is 6.92 Å². The Balaban J connectivity index is 2.13. The van der Waals surface area contributed by atoms with Crippen LogP contribution in [0.5, 0.6) is 0 Å². The molecule has 0 amide bonds. The molecular formula is C28H28BrP. The van der Waals surface area contributed by atoms with Crippen LogP contribution in [-0.4, -0.2) is 0 Å². The van der Waals surface area contributed by atoms with E-state index in [2.05, 4.69) is 139 Å². The molecule has 4 rings (SSSR count). The van der Waals surface area contributed by atoms with Crippen molar-refractivity contribution < 1.29 is 0 Å². The summed E-state index contributed by atoms with van der Waals surface area (Å²) in [6, 6.07) is 39.9. The molecule has 4 aromatic carbocycles. The molecule has 30 heavy (non-hydrogen) atoms. The summed E-state index contributed by atoms with van der Waals surface area (Å²) in [7, 11) is 0. The van der Waals surface area contributed by atoms with Crippen LogP contribution in [-0.2, 0) is 12.6 Å². The first-order valence-electron chi connectivity index (χ1n) is 10.5. The van der Waals surface area contributed by atoms with E-state index in [0.29, 0.717) is 0 Å². The van der Waals surface area contributed by atoms with Crippen LogP contribution in [0.1, 0.15) is 23.6 Å². The second kappa shape index (κ2) is 8.50. The van der Waals surface area contributed by atoms with Gasteiger partial charge in [-0.1, -0.05) is 0 Å². The number of halogens is 1. The Morgan fingerprint density at radius 2 is 1.03 bits per heavy atom. The third-order valence-corrected chi connectivity index (χ3v) is 15.7. The van der Waals surface area contributed by atoms with Crippen molar-refractivity contribution in [1.29, 1.82) is 0 Å². The SMILES string of the molecule is CCc1cccc(C)c1CP(Br)(c1ccccc1)(c1ccccc1)c1ccccc1. The molecule has 0 saturated carbocycles. The zero-order valence-corrected chi connectivity index (χ0v) is 20.1. The number of benzene rings is 4. The molecule has 0 unspecified atom stereocenters. The van der Waals surface area contributed by atoms with E-state index in [1.54, 1.807) is 0 Å². The van der Waals surface area contributed by atoms with Gasteiger partial charge in [0.2, 0.25) is 0 Å². The molecule has 0 aliphatic rings. The van der Waals surface area contributed by atoms with E-state index in [1.807, 2.05) is 0 Å². The molecule has 0 aliphatic carbocycles. The minimum atomic E-state index is -2.95. The normalized spacial score (nSPS) is 12.8. The van der Waals surface area contributed by atoms with E-state index in [-0.39, 0.29) is 0 Å². The van der Waals surface area contributed by atoms with Gasteiger partial charge >= 0.3 is 189 Å². The molecule has 0 radical (unpaired) electrons. The molecule has 0 atom stereocenters. The van der Waals surface area contributed by atoms with Gasteiger partial charge < -0.3 is 0 Å². The number of hydrogen-bond acceptors (Lipinski definition) is 0. The van der Waals surface area contributed by atoms with Crippen molar-refractivity contribution in [3.05, 3.63) is 126 Å². The summed E-state index contributed by atoms with van der Waals surface area (Å²) in [5.41, 5.74) is 4.27. The summed E-state index contributed by atoms with van der Waals surface area (Å²) in [6.07, 6.45) is 1.99. The van der Waals surface area contributed by atoms with Crippen LogP contribution in [0.3, 0.4) is 0 Å². The van der Waals surface area contributed by atoms with Crippen LogP contribution >= 0.6 is 20.8 Å². The molecule has 0 nitrogen and oxygen atoms in total. The Kier molecular flexibility index (Phi) is 5.96. The second-order valence-corrected chi connectivity index (χ2v) is 16.8. The quantitative estimate of drug-likeness (QED) is 0.266. The van der Waals surface area contributed by atoms with Gasteiger partial charge in [-0.15, -0.1) is 0 Å². The second-order valence-electron chi connectivity index (χ2n) is 7.91. The van der Waals surface area contributed by atoms with E-state index in [1.165, 1.54) is 32.6 Å². The maximum absolute atomic E-state index is 4.58. The van der Waals surface area contributed by atoms with Crippen LogP contribution in [0.25, 0.3) is 0 Å². The summed E-state index contributed by atoms with van der Waals surface area (Å²) < 4.78 is 0. The molecule has 0 N–H and O–H groups in total. The van der Waals surface area contributed by atoms with E-state index >= 15 is 0 Å². The molecule has 0 saturated heterocycles. The molecule has 0 heterocycles. The molecule has 0 spiro atoms. The van der Waals surface area contributed by atoms with E-state index in [9.17, 15) is 0 Å². The first-order valence-corrected chi connectivity index (χ1v) is 15.0. The summed E-state index contributed by atoms with van der Waals surface area (Å²) in [6.45, 7) is 4.51. The van der Waals surface area contributed by atoms with Crippen molar-refractivity contribution in [2.24, 2.45) is 0 Å². The van der Waals surface area contributed by atoms with Crippen LogP contribution < -0.4 is 15.9 Å². The summed E-state index contributed by atoms with van der Waals surface area (Å²) in [5, 5.41) is 1.15. The van der Waals surface area contributed by atoms with Crippen molar-refractivity contribution in [3.63, 3.8) is 0 Å². The van der Waals surface area contributed by atoms with Crippen LogP contribution in [0.2, 0.25) is 0 Å². The molecule has 0 aliphatic heterocycles. The first-order chi connectivity index (χ1) is 14.6. The van der Waals surface area contributed by atoms with Gasteiger partial charge in [-0.25, -0.2) is 0 Å². The van der Waals surface area contributed by atoms with E-state index < -0.39 is 5.31 Å². The van der Waals surface area contributed by atoms with Crippen LogP contribution in [0.4, 0.5) is 0 Å². The van der Waals surface area contributed by atoms with Gasteiger partial charge in [-0.3, -0.25) is 0 Å². The fourth-order valence-corrected chi connectivity index (χ4v) is 12.3. The van der Waals surface area contributed by atoms with Crippen molar-refractivity contribution in [2.45, 2.75) is 26.4 Å². The standard InChI is InChI=1S/C28H28BrP/c1-3-24-15-13-14-23(2)28(24)22-30(29,25-16-7-4-8-17-25,26-18-9-5-10-19-26)27-20-11-6-12-21-27/h4-21H,3,22H2,1-2H3. The average molecular weight is 475 g/mol. The average Bonchev–Trinajstić information content (AvgIpc) is 2.82. The Morgan fingerprint density at radius 3 is 1.43 bits per heavy atom. The van der Waals surface area contributed by atoms with Gasteiger partial charge in [0.1, 0.15) is 0 Å². The fourth-order valence-electron chi connectivity index (χ4n) is 4.55. The number of aryl methyl sites for hydroxylation is 2. The first kappa shape index (κ1) is 21.0. The molecule has 0 fully saturated rings. The Bertz CT molecular complexity index is 1020. The van der Waals surface area contributed by atoms with E-state index in [4.69, 9.17) is 0 Å². The van der Waals surface area contributed by atoms with Gasteiger partial charge in [0.15, 0.2) is 0 Å². The summed E-state index contributed by atoms with van der Waals surface area (Å²) in [5.74, 6) is 0.